The van der Waals surface area contributed by atoms with Gasteiger partial charge in [-0.25, -0.2) is 4.79 Å². The van der Waals surface area contributed by atoms with Crippen LogP contribution in [0.2, 0.25) is 0 Å². The molecule has 0 N–H and O–H groups in total. The van der Waals surface area contributed by atoms with Crippen LogP contribution >= 0.6 is 11.6 Å². The van der Waals surface area contributed by atoms with Gasteiger partial charge in [-0.15, -0.1) is 0 Å². The number of halogens is 1. The zero-order valence-corrected chi connectivity index (χ0v) is 3.45. The fourth-order valence-electron chi connectivity index (χ4n) is 0.0401. The Balaban J connectivity index is 3.00. The van der Waals surface area contributed by atoms with Crippen LogP contribution in [0.25, 0.3) is 0 Å². The van der Waals surface area contributed by atoms with E-state index in [4.69, 9.17) is 16.4 Å². The maximum absolute atomic E-state index is 9.06. The van der Waals surface area contributed by atoms with Crippen LogP contribution in [0.1, 0.15) is 0 Å². The molecule has 0 amide bonds. The molecule has 0 aromatic carbocycles. The second-order valence-corrected chi connectivity index (χ2v) is 0.571. The number of rotatable bonds is 1. The van der Waals surface area contributed by atoms with Gasteiger partial charge in [0.2, 0.25) is 0 Å². The molecule has 6 heavy (non-hydrogen) atoms. The molecular weight excluding hydrogens is 103 g/mol. The minimum atomic E-state index is 1.06. The van der Waals surface area contributed by atoms with Crippen molar-refractivity contribution in [3.05, 3.63) is 0 Å². The Labute approximate surface area is 40.0 Å². The molecule has 0 aliphatic carbocycles. The molecule has 0 saturated heterocycles. The van der Waals surface area contributed by atoms with Crippen LogP contribution in [-0.2, 0) is 9.53 Å². The summed E-state index contributed by atoms with van der Waals surface area (Å²) in [6, 6.07) is 0. The first kappa shape index (κ1) is 5.32. The second kappa shape index (κ2) is 4.32. The molecule has 31 valence electrons. The molecule has 0 bridgehead atoms. The Bertz CT molecular complexity index is 88.7. The highest BCUT2D eigenvalue weighted by Gasteiger charge is 1.62. The SMILES string of the molecule is O=[C]OC#CCl. The summed E-state index contributed by atoms with van der Waals surface area (Å²) in [5.74, 6) is 0. The van der Waals surface area contributed by atoms with E-state index in [9.17, 15) is 0 Å². The van der Waals surface area contributed by atoms with Crippen molar-refractivity contribution < 1.29 is 9.53 Å². The van der Waals surface area contributed by atoms with E-state index in [1.807, 2.05) is 0 Å². The van der Waals surface area contributed by atoms with Gasteiger partial charge < -0.3 is 4.74 Å². The van der Waals surface area contributed by atoms with E-state index >= 15 is 0 Å². The van der Waals surface area contributed by atoms with E-state index in [0.717, 1.165) is 6.47 Å². The highest BCUT2D eigenvalue weighted by molar-refractivity contribution is 6.30. The standard InChI is InChI=1S/C3ClO2/c4-1-2-6-3-5. The summed E-state index contributed by atoms with van der Waals surface area (Å²) in [6.45, 7) is 1.06. The number of hydrogen-bond donors (Lipinski definition) is 0. The van der Waals surface area contributed by atoms with Crippen LogP contribution in [0.15, 0.2) is 0 Å². The average molecular weight is 103 g/mol. The smallest absolute Gasteiger partial charge is 0.362 e. The summed E-state index contributed by atoms with van der Waals surface area (Å²) in [7, 11) is 0. The molecule has 0 saturated carbocycles. The maximum atomic E-state index is 9.06. The zero-order chi connectivity index (χ0) is 4.83. The summed E-state index contributed by atoms with van der Waals surface area (Å²) in [5.41, 5.74) is 0. The normalized spacial score (nSPS) is 4.83. The van der Waals surface area contributed by atoms with Crippen LogP contribution in [0.3, 0.4) is 0 Å². The van der Waals surface area contributed by atoms with Crippen LogP contribution < -0.4 is 0 Å². The summed E-state index contributed by atoms with van der Waals surface area (Å²) < 4.78 is 3.68. The maximum Gasteiger partial charge on any atom is 0.432 e. The van der Waals surface area contributed by atoms with Crippen molar-refractivity contribution in [3.8, 4) is 11.5 Å². The van der Waals surface area contributed by atoms with Crippen LogP contribution in [0, 0.1) is 11.5 Å². The highest BCUT2D eigenvalue weighted by atomic mass is 35.5. The first-order valence-corrected chi connectivity index (χ1v) is 1.43. The van der Waals surface area contributed by atoms with E-state index in [1.54, 1.807) is 11.5 Å². The van der Waals surface area contributed by atoms with Gasteiger partial charge in [-0.1, -0.05) is 0 Å². The Morgan fingerprint density at radius 3 is 2.50 bits per heavy atom. The zero-order valence-electron chi connectivity index (χ0n) is 2.69. The molecule has 0 atom stereocenters. The van der Waals surface area contributed by atoms with Crippen molar-refractivity contribution in [3.63, 3.8) is 0 Å². The lowest BCUT2D eigenvalue weighted by Crippen LogP contribution is -1.69. The van der Waals surface area contributed by atoms with E-state index in [1.165, 1.54) is 0 Å². The van der Waals surface area contributed by atoms with Crippen LogP contribution in [-0.4, -0.2) is 6.47 Å². The Morgan fingerprint density at radius 1 is 1.67 bits per heavy atom. The topological polar surface area (TPSA) is 26.3 Å². The minimum Gasteiger partial charge on any atom is -0.362 e. The highest BCUT2D eigenvalue weighted by Crippen LogP contribution is 1.61. The Hall–Kier alpha value is -0.680. The third kappa shape index (κ3) is 3.32. The summed E-state index contributed by atoms with van der Waals surface area (Å²) in [4.78, 5) is 9.06. The van der Waals surface area contributed by atoms with Gasteiger partial charge in [-0.05, 0) is 11.6 Å². The lowest BCUT2D eigenvalue weighted by atomic mass is 11.2. The third-order valence-electron chi connectivity index (χ3n) is 0.131. The van der Waals surface area contributed by atoms with Crippen molar-refractivity contribution in [1.29, 1.82) is 0 Å². The number of ether oxygens (including phenoxy) is 1. The fourth-order valence-corrected chi connectivity index (χ4v) is 0.0787. The molecule has 0 unspecified atom stereocenters. The van der Waals surface area contributed by atoms with Gasteiger partial charge in [0, 0.05) is 5.38 Å². The predicted octanol–water partition coefficient (Wildman–Crippen LogP) is 0.227. The fraction of sp³-hybridized carbons (Fsp3) is 0. The molecule has 0 aliphatic rings. The van der Waals surface area contributed by atoms with Crippen molar-refractivity contribution >= 4 is 18.1 Å². The second-order valence-electron chi connectivity index (χ2n) is 0.382. The molecule has 0 rings (SSSR count). The minimum absolute atomic E-state index is 1.06. The molecule has 1 radical (unpaired) electrons. The molecule has 0 heterocycles. The van der Waals surface area contributed by atoms with Gasteiger partial charge in [0.1, 0.15) is 6.11 Å². The molecule has 2 nitrogen and oxygen atoms in total. The monoisotopic (exact) mass is 103 g/mol. The van der Waals surface area contributed by atoms with Crippen molar-refractivity contribution in [2.45, 2.75) is 0 Å². The summed E-state index contributed by atoms with van der Waals surface area (Å²) in [6.07, 6.45) is 1.79. The van der Waals surface area contributed by atoms with E-state index < -0.39 is 0 Å². The number of carbonyl (C=O) groups excluding carboxylic acids is 1. The first-order chi connectivity index (χ1) is 2.91. The largest absolute Gasteiger partial charge is 0.432 e. The lowest BCUT2D eigenvalue weighted by molar-refractivity contribution is 0.420. The van der Waals surface area contributed by atoms with Crippen LogP contribution in [0.5, 0.6) is 0 Å². The van der Waals surface area contributed by atoms with E-state index in [2.05, 4.69) is 4.74 Å². The van der Waals surface area contributed by atoms with Gasteiger partial charge in [-0.2, -0.15) is 0 Å². The van der Waals surface area contributed by atoms with Crippen molar-refractivity contribution in [2.75, 3.05) is 0 Å². The van der Waals surface area contributed by atoms with Gasteiger partial charge in [-0.3, -0.25) is 0 Å². The lowest BCUT2D eigenvalue weighted by Gasteiger charge is -1.63. The molecule has 0 aromatic rings. The first-order valence-electron chi connectivity index (χ1n) is 1.05. The van der Waals surface area contributed by atoms with Crippen molar-refractivity contribution in [2.24, 2.45) is 0 Å². The predicted molar refractivity (Wildman–Crippen MR) is 20.4 cm³/mol. The van der Waals surface area contributed by atoms with Gasteiger partial charge >= 0.3 is 6.47 Å². The van der Waals surface area contributed by atoms with Crippen LogP contribution in [0.4, 0.5) is 0 Å². The van der Waals surface area contributed by atoms with Crippen molar-refractivity contribution in [1.82, 2.24) is 0 Å². The summed E-state index contributed by atoms with van der Waals surface area (Å²) in [5, 5.41) is 1.81. The van der Waals surface area contributed by atoms with Gasteiger partial charge in [0.25, 0.3) is 0 Å². The van der Waals surface area contributed by atoms with Gasteiger partial charge in [0.05, 0.1) is 0 Å². The molecule has 0 fully saturated rings. The quantitative estimate of drug-likeness (QED) is 0.444. The molecule has 0 aliphatic heterocycles. The molecule has 3 heteroatoms. The number of hydrogen-bond acceptors (Lipinski definition) is 2. The summed E-state index contributed by atoms with van der Waals surface area (Å²) >= 11 is 4.72. The van der Waals surface area contributed by atoms with Gasteiger partial charge in [0.15, 0.2) is 0 Å². The van der Waals surface area contributed by atoms with E-state index in [0.29, 0.717) is 0 Å². The molecule has 0 spiro atoms. The third-order valence-corrected chi connectivity index (χ3v) is 0.208. The molecular formula is C3ClO2. The average Bonchev–Trinajstić information content (AvgIpc) is 1.61. The van der Waals surface area contributed by atoms with E-state index in [-0.39, 0.29) is 0 Å². The Kier molecular flexibility index (Phi) is 3.83. The Morgan fingerprint density at radius 2 is 2.33 bits per heavy atom. The molecule has 0 aromatic heterocycles.